The van der Waals surface area contributed by atoms with E-state index in [-0.39, 0.29) is 18.9 Å². The monoisotopic (exact) mass is 284 g/mol. The minimum absolute atomic E-state index is 0.0797. The van der Waals surface area contributed by atoms with Crippen LogP contribution in [0, 0.1) is 0 Å². The van der Waals surface area contributed by atoms with Crippen molar-refractivity contribution in [1.29, 1.82) is 0 Å². The van der Waals surface area contributed by atoms with E-state index in [0.29, 0.717) is 12.1 Å². The Balaban J connectivity index is 2.15. The standard InChI is InChI=1S/C16H16N2O3/c19-15(20)8-11-18(12-13-4-2-1-3-5-13)16(21)14-6-9-17-10-7-14/h1-7,9-10H,8,11-12H2,(H,19,20). The van der Waals surface area contributed by atoms with Crippen LogP contribution in [0.2, 0.25) is 0 Å². The van der Waals surface area contributed by atoms with Gasteiger partial charge in [-0.1, -0.05) is 30.3 Å². The lowest BCUT2D eigenvalue weighted by Crippen LogP contribution is -2.32. The van der Waals surface area contributed by atoms with Crippen LogP contribution in [0.15, 0.2) is 54.9 Å². The first-order chi connectivity index (χ1) is 10.2. The van der Waals surface area contributed by atoms with Gasteiger partial charge in [0.15, 0.2) is 0 Å². The second-order valence-electron chi connectivity index (χ2n) is 4.59. The molecule has 0 bridgehead atoms. The molecule has 0 aliphatic rings. The van der Waals surface area contributed by atoms with E-state index in [4.69, 9.17) is 5.11 Å². The number of amides is 1. The largest absolute Gasteiger partial charge is 0.481 e. The van der Waals surface area contributed by atoms with Crippen molar-refractivity contribution in [1.82, 2.24) is 9.88 Å². The average molecular weight is 284 g/mol. The fourth-order valence-corrected chi connectivity index (χ4v) is 1.96. The number of hydrogen-bond acceptors (Lipinski definition) is 3. The molecule has 0 spiro atoms. The van der Waals surface area contributed by atoms with Gasteiger partial charge in [0.25, 0.3) is 5.91 Å². The zero-order valence-electron chi connectivity index (χ0n) is 11.5. The molecule has 21 heavy (non-hydrogen) atoms. The van der Waals surface area contributed by atoms with E-state index in [1.807, 2.05) is 30.3 Å². The topological polar surface area (TPSA) is 70.5 Å². The molecular formula is C16H16N2O3. The molecule has 0 aliphatic heterocycles. The van der Waals surface area contributed by atoms with Crippen LogP contribution in [0.5, 0.6) is 0 Å². The minimum atomic E-state index is -0.921. The Morgan fingerprint density at radius 2 is 1.71 bits per heavy atom. The lowest BCUT2D eigenvalue weighted by molar-refractivity contribution is -0.137. The number of carbonyl (C=O) groups excluding carboxylic acids is 1. The summed E-state index contributed by atoms with van der Waals surface area (Å²) in [5.74, 6) is -1.11. The molecule has 5 nitrogen and oxygen atoms in total. The van der Waals surface area contributed by atoms with Gasteiger partial charge in [0, 0.05) is 31.0 Å². The number of pyridine rings is 1. The molecule has 0 atom stereocenters. The van der Waals surface area contributed by atoms with Crippen molar-refractivity contribution in [3.63, 3.8) is 0 Å². The van der Waals surface area contributed by atoms with Gasteiger partial charge in [0.2, 0.25) is 0 Å². The number of rotatable bonds is 6. The molecule has 1 aromatic heterocycles. The number of carboxylic acid groups (broad SMARTS) is 1. The fraction of sp³-hybridized carbons (Fsp3) is 0.188. The van der Waals surface area contributed by atoms with Gasteiger partial charge >= 0.3 is 5.97 Å². The van der Waals surface area contributed by atoms with Crippen molar-refractivity contribution in [2.24, 2.45) is 0 Å². The molecule has 1 heterocycles. The van der Waals surface area contributed by atoms with Gasteiger partial charge in [-0.2, -0.15) is 0 Å². The lowest BCUT2D eigenvalue weighted by Gasteiger charge is -2.22. The zero-order valence-corrected chi connectivity index (χ0v) is 11.5. The SMILES string of the molecule is O=C(O)CCN(Cc1ccccc1)C(=O)c1ccncc1. The Morgan fingerprint density at radius 3 is 2.33 bits per heavy atom. The summed E-state index contributed by atoms with van der Waals surface area (Å²) < 4.78 is 0. The third-order valence-corrected chi connectivity index (χ3v) is 3.03. The highest BCUT2D eigenvalue weighted by Crippen LogP contribution is 2.10. The molecular weight excluding hydrogens is 268 g/mol. The van der Waals surface area contributed by atoms with E-state index >= 15 is 0 Å². The van der Waals surface area contributed by atoms with E-state index in [0.717, 1.165) is 5.56 Å². The molecule has 2 rings (SSSR count). The summed E-state index contributed by atoms with van der Waals surface area (Å²) in [4.78, 5) is 28.7. The zero-order chi connectivity index (χ0) is 15.1. The molecule has 108 valence electrons. The smallest absolute Gasteiger partial charge is 0.305 e. The maximum Gasteiger partial charge on any atom is 0.305 e. The van der Waals surface area contributed by atoms with E-state index in [1.165, 1.54) is 0 Å². The van der Waals surface area contributed by atoms with Crippen molar-refractivity contribution >= 4 is 11.9 Å². The number of benzene rings is 1. The van der Waals surface area contributed by atoms with Crippen LogP contribution in [0.3, 0.4) is 0 Å². The van der Waals surface area contributed by atoms with Gasteiger partial charge in [-0.15, -0.1) is 0 Å². The number of carbonyl (C=O) groups is 2. The van der Waals surface area contributed by atoms with Crippen LogP contribution in [0.25, 0.3) is 0 Å². The molecule has 5 heteroatoms. The molecule has 0 fully saturated rings. The summed E-state index contributed by atoms with van der Waals surface area (Å²) in [6, 6.07) is 12.8. The molecule has 1 aromatic carbocycles. The Morgan fingerprint density at radius 1 is 1.05 bits per heavy atom. The van der Waals surface area contributed by atoms with Crippen LogP contribution < -0.4 is 0 Å². The molecule has 0 aliphatic carbocycles. The van der Waals surface area contributed by atoms with Crippen LogP contribution in [0.1, 0.15) is 22.3 Å². The second-order valence-corrected chi connectivity index (χ2v) is 4.59. The normalized spacial score (nSPS) is 10.1. The van der Waals surface area contributed by atoms with Crippen LogP contribution in [0.4, 0.5) is 0 Å². The van der Waals surface area contributed by atoms with Gasteiger partial charge in [-0.05, 0) is 17.7 Å². The van der Waals surface area contributed by atoms with Crippen LogP contribution in [-0.4, -0.2) is 33.4 Å². The Kier molecular flexibility index (Phi) is 5.04. The van der Waals surface area contributed by atoms with E-state index < -0.39 is 5.97 Å². The summed E-state index contributed by atoms with van der Waals surface area (Å²) in [6.07, 6.45) is 3.01. The highest BCUT2D eigenvalue weighted by Gasteiger charge is 2.17. The van der Waals surface area contributed by atoms with Crippen LogP contribution >= 0.6 is 0 Å². The lowest BCUT2D eigenvalue weighted by atomic mass is 10.1. The molecule has 2 aromatic rings. The summed E-state index contributed by atoms with van der Waals surface area (Å²) in [6.45, 7) is 0.556. The van der Waals surface area contributed by atoms with E-state index in [1.54, 1.807) is 29.4 Å². The number of hydrogen-bond donors (Lipinski definition) is 1. The number of aromatic nitrogens is 1. The van der Waals surface area contributed by atoms with Crippen molar-refractivity contribution < 1.29 is 14.7 Å². The summed E-state index contributed by atoms with van der Waals surface area (Å²) in [7, 11) is 0. The van der Waals surface area contributed by atoms with E-state index in [9.17, 15) is 9.59 Å². The van der Waals surface area contributed by atoms with Gasteiger partial charge in [0.05, 0.1) is 6.42 Å². The quantitative estimate of drug-likeness (QED) is 0.882. The predicted molar refractivity (Wildman–Crippen MR) is 77.7 cm³/mol. The summed E-state index contributed by atoms with van der Waals surface area (Å²) in [5.41, 5.74) is 1.47. The maximum atomic E-state index is 12.5. The van der Waals surface area contributed by atoms with Crippen molar-refractivity contribution in [2.45, 2.75) is 13.0 Å². The number of aliphatic carboxylic acids is 1. The third kappa shape index (κ3) is 4.42. The molecule has 1 N–H and O–H groups in total. The Bertz CT molecular complexity index is 599. The molecule has 0 saturated heterocycles. The molecule has 0 radical (unpaired) electrons. The third-order valence-electron chi connectivity index (χ3n) is 3.03. The first-order valence-corrected chi connectivity index (χ1v) is 6.62. The first-order valence-electron chi connectivity index (χ1n) is 6.62. The average Bonchev–Trinajstić information content (AvgIpc) is 2.52. The molecule has 1 amide bonds. The summed E-state index contributed by atoms with van der Waals surface area (Å²) in [5, 5.41) is 8.83. The fourth-order valence-electron chi connectivity index (χ4n) is 1.96. The van der Waals surface area contributed by atoms with Gasteiger partial charge in [-0.25, -0.2) is 0 Å². The molecule has 0 unspecified atom stereocenters. The highest BCUT2D eigenvalue weighted by molar-refractivity contribution is 5.94. The van der Waals surface area contributed by atoms with Crippen molar-refractivity contribution in [2.75, 3.05) is 6.54 Å². The second kappa shape index (κ2) is 7.19. The minimum Gasteiger partial charge on any atom is -0.481 e. The van der Waals surface area contributed by atoms with Crippen molar-refractivity contribution in [3.05, 3.63) is 66.0 Å². The van der Waals surface area contributed by atoms with Gasteiger partial charge < -0.3 is 10.0 Å². The maximum absolute atomic E-state index is 12.5. The van der Waals surface area contributed by atoms with Crippen LogP contribution in [-0.2, 0) is 11.3 Å². The number of nitrogens with zero attached hydrogens (tertiary/aromatic N) is 2. The van der Waals surface area contributed by atoms with Crippen molar-refractivity contribution in [3.8, 4) is 0 Å². The summed E-state index contributed by atoms with van der Waals surface area (Å²) >= 11 is 0. The van der Waals surface area contributed by atoms with Gasteiger partial charge in [0.1, 0.15) is 0 Å². The molecule has 0 saturated carbocycles. The first kappa shape index (κ1) is 14.7. The number of carboxylic acids is 1. The Labute approximate surface area is 122 Å². The van der Waals surface area contributed by atoms with E-state index in [2.05, 4.69) is 4.98 Å². The predicted octanol–water partition coefficient (Wildman–Crippen LogP) is 2.20. The highest BCUT2D eigenvalue weighted by atomic mass is 16.4. The Hall–Kier alpha value is -2.69. The van der Waals surface area contributed by atoms with Gasteiger partial charge in [-0.3, -0.25) is 14.6 Å².